The number of aromatic nitrogens is 1. The SMILES string of the molecule is CCCN1CC(=O)N(Cc2ccnc(NN)c2)CC1=O. The zero-order valence-electron chi connectivity index (χ0n) is 11.5. The first kappa shape index (κ1) is 14.3. The third-order valence-electron chi connectivity index (χ3n) is 3.20. The van der Waals surface area contributed by atoms with Crippen LogP contribution in [-0.4, -0.2) is 46.2 Å². The van der Waals surface area contributed by atoms with Gasteiger partial charge in [-0.2, -0.15) is 0 Å². The molecular weight excluding hydrogens is 258 g/mol. The number of hydrazine groups is 1. The molecule has 1 saturated heterocycles. The van der Waals surface area contributed by atoms with E-state index in [4.69, 9.17) is 5.84 Å². The van der Waals surface area contributed by atoms with Crippen LogP contribution in [0.15, 0.2) is 18.3 Å². The van der Waals surface area contributed by atoms with Gasteiger partial charge in [0, 0.05) is 19.3 Å². The molecule has 7 heteroatoms. The van der Waals surface area contributed by atoms with E-state index in [0.29, 0.717) is 18.9 Å². The second-order valence-electron chi connectivity index (χ2n) is 4.76. The van der Waals surface area contributed by atoms with Crippen molar-refractivity contribution >= 4 is 17.6 Å². The second-order valence-corrected chi connectivity index (χ2v) is 4.76. The van der Waals surface area contributed by atoms with Gasteiger partial charge in [0.05, 0.1) is 6.54 Å². The van der Waals surface area contributed by atoms with Gasteiger partial charge in [-0.25, -0.2) is 10.8 Å². The van der Waals surface area contributed by atoms with Gasteiger partial charge in [-0.1, -0.05) is 6.92 Å². The molecule has 3 N–H and O–H groups in total. The fourth-order valence-electron chi connectivity index (χ4n) is 2.19. The van der Waals surface area contributed by atoms with Crippen LogP contribution < -0.4 is 11.3 Å². The number of piperazine rings is 1. The predicted molar refractivity (Wildman–Crippen MR) is 74.3 cm³/mol. The van der Waals surface area contributed by atoms with E-state index in [2.05, 4.69) is 10.4 Å². The molecular formula is C13H19N5O2. The molecule has 20 heavy (non-hydrogen) atoms. The zero-order chi connectivity index (χ0) is 14.5. The summed E-state index contributed by atoms with van der Waals surface area (Å²) in [5.74, 6) is 5.80. The maximum absolute atomic E-state index is 12.1. The van der Waals surface area contributed by atoms with Crippen molar-refractivity contribution in [2.45, 2.75) is 19.9 Å². The van der Waals surface area contributed by atoms with Crippen molar-refractivity contribution in [3.8, 4) is 0 Å². The molecule has 0 aromatic carbocycles. The number of carbonyl (C=O) groups is 2. The van der Waals surface area contributed by atoms with Crippen molar-refractivity contribution < 1.29 is 9.59 Å². The largest absolute Gasteiger partial charge is 0.332 e. The number of nitrogens with two attached hydrogens (primary N) is 1. The van der Waals surface area contributed by atoms with Crippen LogP contribution in [0.4, 0.5) is 5.82 Å². The normalized spacial score (nSPS) is 15.7. The lowest BCUT2D eigenvalue weighted by Gasteiger charge is -2.33. The van der Waals surface area contributed by atoms with Crippen LogP contribution in [0.25, 0.3) is 0 Å². The lowest BCUT2D eigenvalue weighted by Crippen LogP contribution is -2.53. The number of nitrogen functional groups attached to an aromatic ring is 1. The van der Waals surface area contributed by atoms with E-state index in [1.165, 1.54) is 0 Å². The summed E-state index contributed by atoms with van der Waals surface area (Å²) >= 11 is 0. The summed E-state index contributed by atoms with van der Waals surface area (Å²) in [6.07, 6.45) is 2.47. The Balaban J connectivity index is 2.03. The van der Waals surface area contributed by atoms with Gasteiger partial charge >= 0.3 is 0 Å². The van der Waals surface area contributed by atoms with Crippen molar-refractivity contribution in [1.82, 2.24) is 14.8 Å². The summed E-state index contributed by atoms with van der Waals surface area (Å²) in [5, 5.41) is 0. The van der Waals surface area contributed by atoms with Crippen LogP contribution in [0.3, 0.4) is 0 Å². The number of hydrogen-bond acceptors (Lipinski definition) is 5. The van der Waals surface area contributed by atoms with Crippen molar-refractivity contribution in [3.05, 3.63) is 23.9 Å². The Morgan fingerprint density at radius 3 is 2.70 bits per heavy atom. The molecule has 0 saturated carbocycles. The van der Waals surface area contributed by atoms with Crippen molar-refractivity contribution in [1.29, 1.82) is 0 Å². The summed E-state index contributed by atoms with van der Waals surface area (Å²) in [6.45, 7) is 3.31. The highest BCUT2D eigenvalue weighted by molar-refractivity contribution is 5.92. The maximum Gasteiger partial charge on any atom is 0.242 e. The van der Waals surface area contributed by atoms with Crippen LogP contribution in [-0.2, 0) is 16.1 Å². The average molecular weight is 277 g/mol. The number of nitrogens with zero attached hydrogens (tertiary/aromatic N) is 3. The Morgan fingerprint density at radius 1 is 1.30 bits per heavy atom. The Labute approximate surface area is 117 Å². The van der Waals surface area contributed by atoms with Crippen molar-refractivity contribution in [2.75, 3.05) is 25.1 Å². The molecule has 2 amide bonds. The standard InChI is InChI=1S/C13H19N5O2/c1-2-5-17-8-13(20)18(9-12(17)19)7-10-3-4-15-11(6-10)16-14/h3-4,6H,2,5,7-9,14H2,1H3,(H,15,16). The number of pyridine rings is 1. The van der Waals surface area contributed by atoms with Crippen LogP contribution in [0.5, 0.6) is 0 Å². The molecule has 0 spiro atoms. The minimum Gasteiger partial charge on any atom is -0.332 e. The first-order valence-corrected chi connectivity index (χ1v) is 6.61. The average Bonchev–Trinajstić information content (AvgIpc) is 2.45. The van der Waals surface area contributed by atoms with Gasteiger partial charge in [0.15, 0.2) is 0 Å². The fourth-order valence-corrected chi connectivity index (χ4v) is 2.19. The van der Waals surface area contributed by atoms with Gasteiger partial charge in [-0.15, -0.1) is 0 Å². The third-order valence-corrected chi connectivity index (χ3v) is 3.20. The van der Waals surface area contributed by atoms with E-state index >= 15 is 0 Å². The molecule has 1 aliphatic heterocycles. The molecule has 1 aliphatic rings. The van der Waals surface area contributed by atoms with Gasteiger partial charge in [0.25, 0.3) is 0 Å². The zero-order valence-corrected chi connectivity index (χ0v) is 11.5. The van der Waals surface area contributed by atoms with Gasteiger partial charge in [0.2, 0.25) is 11.8 Å². The van der Waals surface area contributed by atoms with E-state index < -0.39 is 0 Å². The number of nitrogens with one attached hydrogen (secondary N) is 1. The van der Waals surface area contributed by atoms with Gasteiger partial charge in [0.1, 0.15) is 12.4 Å². The highest BCUT2D eigenvalue weighted by Gasteiger charge is 2.29. The van der Waals surface area contributed by atoms with Gasteiger partial charge in [-0.05, 0) is 24.1 Å². The monoisotopic (exact) mass is 277 g/mol. The number of carbonyl (C=O) groups excluding carboxylic acids is 2. The molecule has 1 aromatic heterocycles. The molecule has 0 unspecified atom stereocenters. The second kappa shape index (κ2) is 6.33. The van der Waals surface area contributed by atoms with E-state index in [-0.39, 0.29) is 24.9 Å². The quantitative estimate of drug-likeness (QED) is 0.581. The molecule has 1 fully saturated rings. The molecule has 0 atom stereocenters. The van der Waals surface area contributed by atoms with Crippen LogP contribution in [0.1, 0.15) is 18.9 Å². The minimum absolute atomic E-state index is 0.00215. The smallest absolute Gasteiger partial charge is 0.242 e. The molecule has 0 aliphatic carbocycles. The number of hydrogen-bond donors (Lipinski definition) is 2. The first-order chi connectivity index (χ1) is 9.63. The third kappa shape index (κ3) is 3.24. The van der Waals surface area contributed by atoms with Gasteiger partial charge < -0.3 is 15.2 Å². The minimum atomic E-state index is -0.0304. The fraction of sp³-hybridized carbons (Fsp3) is 0.462. The molecule has 108 valence electrons. The molecule has 0 radical (unpaired) electrons. The Kier molecular flexibility index (Phi) is 4.52. The highest BCUT2D eigenvalue weighted by atomic mass is 16.2. The van der Waals surface area contributed by atoms with E-state index in [1.54, 1.807) is 28.1 Å². The summed E-state index contributed by atoms with van der Waals surface area (Å²) < 4.78 is 0. The summed E-state index contributed by atoms with van der Waals surface area (Å²) in [7, 11) is 0. The summed E-state index contributed by atoms with van der Waals surface area (Å²) in [6, 6.07) is 3.56. The summed E-state index contributed by atoms with van der Waals surface area (Å²) in [4.78, 5) is 31.2. The van der Waals surface area contributed by atoms with E-state index in [1.807, 2.05) is 6.92 Å². The highest BCUT2D eigenvalue weighted by Crippen LogP contribution is 2.12. The number of anilines is 1. The molecule has 0 bridgehead atoms. The van der Waals surface area contributed by atoms with Crippen LogP contribution in [0.2, 0.25) is 0 Å². The maximum atomic E-state index is 12.1. The van der Waals surface area contributed by atoms with E-state index in [9.17, 15) is 9.59 Å². The summed E-state index contributed by atoms with van der Waals surface area (Å²) in [5.41, 5.74) is 3.35. The molecule has 1 aromatic rings. The predicted octanol–water partition coefficient (Wildman–Crippen LogP) is -0.0520. The molecule has 2 rings (SSSR count). The van der Waals surface area contributed by atoms with Crippen LogP contribution >= 0.6 is 0 Å². The number of rotatable bonds is 5. The Morgan fingerprint density at radius 2 is 2.00 bits per heavy atom. The van der Waals surface area contributed by atoms with E-state index in [0.717, 1.165) is 12.0 Å². The topological polar surface area (TPSA) is 91.6 Å². The molecule has 2 heterocycles. The Hall–Kier alpha value is -2.15. The Bertz CT molecular complexity index is 505. The van der Waals surface area contributed by atoms with Crippen LogP contribution in [0, 0.1) is 0 Å². The van der Waals surface area contributed by atoms with Gasteiger partial charge in [-0.3, -0.25) is 9.59 Å². The van der Waals surface area contributed by atoms with Crippen molar-refractivity contribution in [3.63, 3.8) is 0 Å². The lowest BCUT2D eigenvalue weighted by atomic mass is 10.2. The van der Waals surface area contributed by atoms with Crippen molar-refractivity contribution in [2.24, 2.45) is 5.84 Å². The molecule has 7 nitrogen and oxygen atoms in total. The first-order valence-electron chi connectivity index (χ1n) is 6.61. The number of amides is 2. The lowest BCUT2D eigenvalue weighted by molar-refractivity contribution is -0.150.